The van der Waals surface area contributed by atoms with Gasteiger partial charge in [0, 0.05) is 29.4 Å². The summed E-state index contributed by atoms with van der Waals surface area (Å²) in [5.74, 6) is -3.44. The molecule has 2 aliphatic heterocycles. The lowest BCUT2D eigenvalue weighted by molar-refractivity contribution is -0.152. The summed E-state index contributed by atoms with van der Waals surface area (Å²) in [5, 5.41) is 31.3. The van der Waals surface area contributed by atoms with E-state index in [2.05, 4.69) is 6.58 Å². The van der Waals surface area contributed by atoms with E-state index >= 15 is 0 Å². The van der Waals surface area contributed by atoms with Gasteiger partial charge in [0.15, 0.2) is 0 Å². The second-order valence-corrected chi connectivity index (χ2v) is 8.91. The molecule has 0 spiro atoms. The molecule has 3 N–H and O–H groups in total. The van der Waals surface area contributed by atoms with Crippen LogP contribution in [0.2, 0.25) is 0 Å². The number of carbonyl (C=O) groups excluding carboxylic acids is 2. The van der Waals surface area contributed by atoms with Crippen LogP contribution in [0.4, 0.5) is 0 Å². The van der Waals surface area contributed by atoms with Gasteiger partial charge in [0.1, 0.15) is 23.9 Å². The smallest absolute Gasteiger partial charge is 0.334 e. The quantitative estimate of drug-likeness (QED) is 0.248. The molecule has 4 rings (SSSR count). The molecule has 0 aromatic rings. The van der Waals surface area contributed by atoms with Crippen molar-refractivity contribution in [2.75, 3.05) is 12.5 Å². The number of aliphatic hydroxyl groups excluding tert-OH is 2. The van der Waals surface area contributed by atoms with Crippen molar-refractivity contribution in [1.29, 1.82) is 0 Å². The Labute approximate surface area is 173 Å². The van der Waals surface area contributed by atoms with Gasteiger partial charge in [-0.25, -0.2) is 9.59 Å². The van der Waals surface area contributed by atoms with Gasteiger partial charge in [-0.1, -0.05) is 6.58 Å². The average Bonchev–Trinajstić information content (AvgIpc) is 3.22. The minimum absolute atomic E-state index is 0.0908. The van der Waals surface area contributed by atoms with E-state index in [1.807, 2.05) is 6.92 Å². The van der Waals surface area contributed by atoms with E-state index in [0.717, 1.165) is 0 Å². The molecule has 0 aromatic carbocycles. The Hall–Kier alpha value is -1.45. The molecule has 2 saturated heterocycles. The molecule has 160 valence electrons. The van der Waals surface area contributed by atoms with Crippen LogP contribution in [0, 0.1) is 17.8 Å². The Morgan fingerprint density at radius 1 is 1.45 bits per heavy atom. The second-order valence-electron chi connectivity index (χ2n) is 8.64. The van der Waals surface area contributed by atoms with E-state index in [1.165, 1.54) is 13.0 Å². The summed E-state index contributed by atoms with van der Waals surface area (Å²) in [6.45, 7) is 6.81. The van der Waals surface area contributed by atoms with Gasteiger partial charge in [0.05, 0.1) is 30.1 Å². The molecular formula is C20H25ClO8. The number of hydrogen-bond acceptors (Lipinski definition) is 8. The highest BCUT2D eigenvalue weighted by Gasteiger charge is 2.78. The maximum absolute atomic E-state index is 12.5. The highest BCUT2D eigenvalue weighted by molar-refractivity contribution is 6.18. The van der Waals surface area contributed by atoms with Crippen LogP contribution >= 0.6 is 11.6 Å². The summed E-state index contributed by atoms with van der Waals surface area (Å²) >= 11 is 6.15. The number of aliphatic hydroxyl groups is 3. The van der Waals surface area contributed by atoms with Crippen molar-refractivity contribution in [1.82, 2.24) is 0 Å². The first-order chi connectivity index (χ1) is 13.6. The number of rotatable bonds is 4. The Kier molecular flexibility index (Phi) is 4.87. The first-order valence-electron chi connectivity index (χ1n) is 9.61. The third-order valence-electron chi connectivity index (χ3n) is 7.02. The van der Waals surface area contributed by atoms with Crippen molar-refractivity contribution in [3.63, 3.8) is 0 Å². The van der Waals surface area contributed by atoms with Gasteiger partial charge in [-0.3, -0.25) is 0 Å². The molecule has 0 unspecified atom stereocenters. The van der Waals surface area contributed by atoms with Crippen LogP contribution in [-0.4, -0.2) is 75.4 Å². The van der Waals surface area contributed by atoms with E-state index in [1.54, 1.807) is 0 Å². The summed E-state index contributed by atoms with van der Waals surface area (Å²) in [6.07, 6.45) is -1.98. The largest absolute Gasteiger partial charge is 0.458 e. The van der Waals surface area contributed by atoms with Crippen LogP contribution in [0.3, 0.4) is 0 Å². The van der Waals surface area contributed by atoms with E-state index in [4.69, 9.17) is 30.9 Å². The second kappa shape index (κ2) is 6.78. The molecule has 2 aliphatic carbocycles. The number of esters is 2. The molecule has 4 fully saturated rings. The first-order valence-corrected chi connectivity index (χ1v) is 10.1. The van der Waals surface area contributed by atoms with Crippen molar-refractivity contribution in [2.45, 2.75) is 55.9 Å². The molecule has 29 heavy (non-hydrogen) atoms. The van der Waals surface area contributed by atoms with E-state index < -0.39 is 65.3 Å². The Balaban J connectivity index is 1.76. The number of ether oxygens (including phenoxy) is 3. The molecule has 0 bridgehead atoms. The van der Waals surface area contributed by atoms with Crippen LogP contribution in [0.1, 0.15) is 20.3 Å². The average molecular weight is 429 g/mol. The summed E-state index contributed by atoms with van der Waals surface area (Å²) in [4.78, 5) is 24.8. The Morgan fingerprint density at radius 3 is 2.76 bits per heavy atom. The van der Waals surface area contributed by atoms with E-state index in [9.17, 15) is 19.8 Å². The van der Waals surface area contributed by atoms with Gasteiger partial charge in [-0.05, 0) is 19.9 Å². The first kappa shape index (κ1) is 20.8. The zero-order valence-corrected chi connectivity index (χ0v) is 17.0. The molecule has 2 saturated carbocycles. The third kappa shape index (κ3) is 2.88. The van der Waals surface area contributed by atoms with Crippen molar-refractivity contribution >= 4 is 23.5 Å². The predicted octanol–water partition coefficient (Wildman–Crippen LogP) is 0.0726. The maximum atomic E-state index is 12.5. The zero-order valence-electron chi connectivity index (χ0n) is 16.2. The summed E-state index contributed by atoms with van der Waals surface area (Å²) in [6, 6.07) is 0. The topological polar surface area (TPSA) is 126 Å². The third-order valence-corrected chi connectivity index (χ3v) is 7.48. The lowest BCUT2D eigenvalue weighted by Crippen LogP contribution is -2.51. The highest BCUT2D eigenvalue weighted by Crippen LogP contribution is 2.64. The fourth-order valence-electron chi connectivity index (χ4n) is 5.52. The van der Waals surface area contributed by atoms with Crippen LogP contribution < -0.4 is 0 Å². The number of carbonyl (C=O) groups is 2. The SMILES string of the molecule is C=C1C(=O)O[C@H]2[C@H]1[C@H](OC(=O)/C(C)=C/CO)C[C@](O)(CCl)[C@@H]1[C@H](O)[C@H]3O[C@@]3(C)[C@H]21. The number of alkyl halides is 1. The summed E-state index contributed by atoms with van der Waals surface area (Å²) in [5.41, 5.74) is -2.00. The molecule has 0 radical (unpaired) electrons. The van der Waals surface area contributed by atoms with Gasteiger partial charge >= 0.3 is 11.9 Å². The predicted molar refractivity (Wildman–Crippen MR) is 99.8 cm³/mol. The van der Waals surface area contributed by atoms with Crippen molar-refractivity contribution in [2.24, 2.45) is 17.8 Å². The number of hydrogen-bond donors (Lipinski definition) is 3. The van der Waals surface area contributed by atoms with Gasteiger partial charge in [-0.15, -0.1) is 11.6 Å². The molecule has 9 atom stereocenters. The minimum Gasteiger partial charge on any atom is -0.458 e. The Morgan fingerprint density at radius 2 is 2.14 bits per heavy atom. The summed E-state index contributed by atoms with van der Waals surface area (Å²) < 4.78 is 17.0. The Bertz CT molecular complexity index is 795. The van der Waals surface area contributed by atoms with Gasteiger partial charge < -0.3 is 29.5 Å². The van der Waals surface area contributed by atoms with Crippen LogP contribution in [0.15, 0.2) is 23.8 Å². The standard InChI is InChI=1S/C20H25ClO8/c1-8(4-5-22)17(24)27-10-6-20(26,7-21)12-13(19(3)16(29-19)14(12)23)15-11(10)9(2)18(25)28-15/h4,10-16,22-23,26H,2,5-7H2,1,3H3/b8-4+/t10-,11-,12+,13+,14+,15+,16-,19+,20+/m1/s1. The zero-order chi connectivity index (χ0) is 21.3. The lowest BCUT2D eigenvalue weighted by atomic mass is 9.74. The van der Waals surface area contributed by atoms with Gasteiger partial charge in [-0.2, -0.15) is 0 Å². The number of halogens is 1. The molecule has 9 heteroatoms. The van der Waals surface area contributed by atoms with Crippen LogP contribution in [0.5, 0.6) is 0 Å². The van der Waals surface area contributed by atoms with Crippen LogP contribution in [-0.2, 0) is 23.8 Å². The van der Waals surface area contributed by atoms with Crippen molar-refractivity contribution < 1.29 is 39.1 Å². The molecule has 8 nitrogen and oxygen atoms in total. The molecular weight excluding hydrogens is 404 g/mol. The molecule has 4 aliphatic rings. The number of epoxide rings is 1. The molecule has 0 amide bonds. The molecule has 0 aromatic heterocycles. The summed E-state index contributed by atoms with van der Waals surface area (Å²) in [7, 11) is 0. The fourth-order valence-corrected chi connectivity index (χ4v) is 5.80. The minimum atomic E-state index is -1.57. The lowest BCUT2D eigenvalue weighted by Gasteiger charge is -2.39. The highest BCUT2D eigenvalue weighted by atomic mass is 35.5. The molecule has 2 heterocycles. The monoisotopic (exact) mass is 428 g/mol. The van der Waals surface area contributed by atoms with Gasteiger partial charge in [0.25, 0.3) is 0 Å². The maximum Gasteiger partial charge on any atom is 0.334 e. The van der Waals surface area contributed by atoms with Crippen molar-refractivity contribution in [3.8, 4) is 0 Å². The fraction of sp³-hybridized carbons (Fsp3) is 0.700. The van der Waals surface area contributed by atoms with Gasteiger partial charge in [0.2, 0.25) is 0 Å². The van der Waals surface area contributed by atoms with Crippen molar-refractivity contribution in [3.05, 3.63) is 23.8 Å². The number of fused-ring (bicyclic) bond motifs is 5. The normalized spacial score (nSPS) is 48.3. The van der Waals surface area contributed by atoms with E-state index in [-0.39, 0.29) is 30.1 Å². The van der Waals surface area contributed by atoms with Crippen LogP contribution in [0.25, 0.3) is 0 Å². The van der Waals surface area contributed by atoms with E-state index in [0.29, 0.717) is 0 Å².